The summed E-state index contributed by atoms with van der Waals surface area (Å²) in [7, 11) is 1.97. The number of aryl methyl sites for hydroxylation is 1. The van der Waals surface area contributed by atoms with Crippen LogP contribution in [-0.4, -0.2) is 16.3 Å². The molecule has 0 aliphatic heterocycles. The van der Waals surface area contributed by atoms with Crippen LogP contribution in [0.5, 0.6) is 0 Å². The second-order valence-corrected chi connectivity index (χ2v) is 4.65. The number of rotatable bonds is 4. The summed E-state index contributed by atoms with van der Waals surface area (Å²) in [5, 5.41) is 8.87. The molecule has 0 fully saturated rings. The van der Waals surface area contributed by atoms with E-state index in [1.807, 2.05) is 17.9 Å². The molecule has 1 N–H and O–H groups in total. The molecule has 2 rings (SSSR count). The van der Waals surface area contributed by atoms with Crippen LogP contribution in [0.25, 0.3) is 10.9 Å². The zero-order valence-corrected chi connectivity index (χ0v) is 10.2. The van der Waals surface area contributed by atoms with E-state index in [1.165, 1.54) is 23.0 Å². The van der Waals surface area contributed by atoms with Crippen molar-refractivity contribution >= 4 is 16.6 Å². The minimum absolute atomic E-state index is 0.745. The summed E-state index contributed by atoms with van der Waals surface area (Å²) in [6.45, 7) is 5.52. The number of benzene rings is 1. The molecule has 2 aromatic rings. The first-order valence-corrected chi connectivity index (χ1v) is 5.82. The molecule has 16 heavy (non-hydrogen) atoms. The van der Waals surface area contributed by atoms with Gasteiger partial charge >= 0.3 is 0 Å². The molecular weight excluding hydrogens is 198 g/mol. The largest absolute Gasteiger partial charge is 0.385 e. The van der Waals surface area contributed by atoms with Gasteiger partial charge in [0.25, 0.3) is 0 Å². The lowest BCUT2D eigenvalue weighted by Crippen LogP contribution is -2.04. The first kappa shape index (κ1) is 11.0. The predicted octanol–water partition coefficient (Wildman–Crippen LogP) is 3.03. The Morgan fingerprint density at radius 3 is 2.94 bits per heavy atom. The summed E-state index contributed by atoms with van der Waals surface area (Å²) in [5.41, 5.74) is 2.36. The smallest absolute Gasteiger partial charge is 0.0680 e. The number of fused-ring (bicyclic) bond motifs is 1. The molecule has 1 aromatic heterocycles. The van der Waals surface area contributed by atoms with Crippen molar-refractivity contribution in [3.05, 3.63) is 24.4 Å². The fourth-order valence-electron chi connectivity index (χ4n) is 1.78. The lowest BCUT2D eigenvalue weighted by atomic mass is 10.1. The highest BCUT2D eigenvalue weighted by Crippen LogP contribution is 2.18. The lowest BCUT2D eigenvalue weighted by molar-refractivity contribution is 0.607. The fraction of sp³-hybridized carbons (Fsp3) is 0.462. The van der Waals surface area contributed by atoms with Gasteiger partial charge in [0, 0.05) is 24.7 Å². The number of nitrogens with one attached hydrogen (secondary N) is 1. The summed E-state index contributed by atoms with van der Waals surface area (Å²) in [6.07, 6.45) is 3.11. The van der Waals surface area contributed by atoms with Gasteiger partial charge < -0.3 is 5.32 Å². The highest BCUT2D eigenvalue weighted by molar-refractivity contribution is 5.82. The molecule has 86 valence electrons. The summed E-state index contributed by atoms with van der Waals surface area (Å²) >= 11 is 0. The predicted molar refractivity (Wildman–Crippen MR) is 68.7 cm³/mol. The van der Waals surface area contributed by atoms with Gasteiger partial charge in [0.2, 0.25) is 0 Å². The number of hydrogen-bond donors (Lipinski definition) is 1. The maximum Gasteiger partial charge on any atom is 0.0680 e. The van der Waals surface area contributed by atoms with Crippen molar-refractivity contribution in [1.82, 2.24) is 9.78 Å². The molecule has 0 radical (unpaired) electrons. The number of aromatic nitrogens is 2. The van der Waals surface area contributed by atoms with Gasteiger partial charge in [0.15, 0.2) is 0 Å². The van der Waals surface area contributed by atoms with E-state index < -0.39 is 0 Å². The van der Waals surface area contributed by atoms with Crippen molar-refractivity contribution in [2.24, 2.45) is 13.0 Å². The molecule has 0 spiro atoms. The highest BCUT2D eigenvalue weighted by atomic mass is 15.2. The first-order chi connectivity index (χ1) is 7.66. The van der Waals surface area contributed by atoms with Crippen molar-refractivity contribution < 1.29 is 0 Å². The van der Waals surface area contributed by atoms with Gasteiger partial charge in [-0.15, -0.1) is 0 Å². The SMILES string of the molecule is CC(C)CCNc1ccc2c(cnn2C)c1. The molecule has 0 saturated heterocycles. The average Bonchev–Trinajstić information content (AvgIpc) is 2.60. The van der Waals surface area contributed by atoms with E-state index in [2.05, 4.69) is 42.5 Å². The molecule has 0 aliphatic rings. The Labute approximate surface area is 96.5 Å². The lowest BCUT2D eigenvalue weighted by Gasteiger charge is -2.08. The van der Waals surface area contributed by atoms with Crippen LogP contribution >= 0.6 is 0 Å². The summed E-state index contributed by atoms with van der Waals surface area (Å²) in [6, 6.07) is 6.38. The second kappa shape index (κ2) is 4.56. The third kappa shape index (κ3) is 2.35. The maximum absolute atomic E-state index is 4.23. The Morgan fingerprint density at radius 2 is 2.19 bits per heavy atom. The molecule has 0 saturated carbocycles. The van der Waals surface area contributed by atoms with Crippen molar-refractivity contribution in [2.75, 3.05) is 11.9 Å². The van der Waals surface area contributed by atoms with E-state index in [0.29, 0.717) is 0 Å². The van der Waals surface area contributed by atoms with Crippen molar-refractivity contribution in [2.45, 2.75) is 20.3 Å². The molecule has 0 unspecified atom stereocenters. The Bertz CT molecular complexity index is 471. The summed E-state index contributed by atoms with van der Waals surface area (Å²) in [4.78, 5) is 0. The molecule has 1 aromatic carbocycles. The van der Waals surface area contributed by atoms with Crippen LogP contribution < -0.4 is 5.32 Å². The van der Waals surface area contributed by atoms with Crippen LogP contribution in [0.4, 0.5) is 5.69 Å². The van der Waals surface area contributed by atoms with Gasteiger partial charge in [0.05, 0.1) is 11.7 Å². The Balaban J connectivity index is 2.08. The van der Waals surface area contributed by atoms with Gasteiger partial charge in [-0.05, 0) is 30.5 Å². The Kier molecular flexibility index (Phi) is 3.13. The molecule has 0 bridgehead atoms. The van der Waals surface area contributed by atoms with Crippen LogP contribution in [0.3, 0.4) is 0 Å². The van der Waals surface area contributed by atoms with Gasteiger partial charge in [0.1, 0.15) is 0 Å². The molecular formula is C13H19N3. The van der Waals surface area contributed by atoms with E-state index in [4.69, 9.17) is 0 Å². The van der Waals surface area contributed by atoms with Gasteiger partial charge in [-0.1, -0.05) is 13.8 Å². The van der Waals surface area contributed by atoms with Crippen molar-refractivity contribution in [3.8, 4) is 0 Å². The Morgan fingerprint density at radius 1 is 1.38 bits per heavy atom. The maximum atomic E-state index is 4.23. The molecule has 0 aliphatic carbocycles. The zero-order chi connectivity index (χ0) is 11.5. The van der Waals surface area contributed by atoms with Gasteiger partial charge in [-0.2, -0.15) is 5.10 Å². The molecule has 3 nitrogen and oxygen atoms in total. The minimum atomic E-state index is 0.745. The van der Waals surface area contributed by atoms with Crippen molar-refractivity contribution in [1.29, 1.82) is 0 Å². The quantitative estimate of drug-likeness (QED) is 0.853. The van der Waals surface area contributed by atoms with E-state index in [1.54, 1.807) is 0 Å². The number of hydrogen-bond acceptors (Lipinski definition) is 2. The van der Waals surface area contributed by atoms with E-state index in [-0.39, 0.29) is 0 Å². The zero-order valence-electron chi connectivity index (χ0n) is 10.2. The topological polar surface area (TPSA) is 29.9 Å². The van der Waals surface area contributed by atoms with E-state index in [0.717, 1.165) is 12.5 Å². The molecule has 3 heteroatoms. The van der Waals surface area contributed by atoms with Crippen LogP contribution in [0.2, 0.25) is 0 Å². The van der Waals surface area contributed by atoms with Crippen LogP contribution in [0.1, 0.15) is 20.3 Å². The van der Waals surface area contributed by atoms with Crippen LogP contribution in [0.15, 0.2) is 24.4 Å². The number of nitrogens with zero attached hydrogens (tertiary/aromatic N) is 2. The van der Waals surface area contributed by atoms with Gasteiger partial charge in [-0.25, -0.2) is 0 Å². The number of anilines is 1. The Hall–Kier alpha value is -1.51. The normalized spacial score (nSPS) is 11.2. The molecule has 0 atom stereocenters. The van der Waals surface area contributed by atoms with Crippen LogP contribution in [0, 0.1) is 5.92 Å². The third-order valence-electron chi connectivity index (χ3n) is 2.80. The molecule has 1 heterocycles. The summed E-state index contributed by atoms with van der Waals surface area (Å²) in [5.74, 6) is 0.745. The van der Waals surface area contributed by atoms with E-state index in [9.17, 15) is 0 Å². The standard InChI is InChI=1S/C13H19N3/c1-10(2)6-7-14-12-4-5-13-11(8-12)9-15-16(13)3/h4-5,8-10,14H,6-7H2,1-3H3. The summed E-state index contributed by atoms with van der Waals surface area (Å²) < 4.78 is 1.90. The van der Waals surface area contributed by atoms with E-state index >= 15 is 0 Å². The monoisotopic (exact) mass is 217 g/mol. The van der Waals surface area contributed by atoms with Gasteiger partial charge in [-0.3, -0.25) is 4.68 Å². The fourth-order valence-corrected chi connectivity index (χ4v) is 1.78. The molecule has 0 amide bonds. The minimum Gasteiger partial charge on any atom is -0.385 e. The highest BCUT2D eigenvalue weighted by Gasteiger charge is 2.00. The second-order valence-electron chi connectivity index (χ2n) is 4.65. The van der Waals surface area contributed by atoms with Crippen molar-refractivity contribution in [3.63, 3.8) is 0 Å². The third-order valence-corrected chi connectivity index (χ3v) is 2.80. The average molecular weight is 217 g/mol. The first-order valence-electron chi connectivity index (χ1n) is 5.82. The van der Waals surface area contributed by atoms with Crippen LogP contribution in [-0.2, 0) is 7.05 Å².